The van der Waals surface area contributed by atoms with Crippen molar-refractivity contribution in [2.75, 3.05) is 13.1 Å². The topological polar surface area (TPSA) is 106 Å². The molecule has 1 fully saturated rings. The lowest BCUT2D eigenvalue weighted by Gasteiger charge is -2.35. The highest BCUT2D eigenvalue weighted by molar-refractivity contribution is 5.97. The second-order valence-corrected chi connectivity index (χ2v) is 7.11. The molecular formula is C22H20N4O3. The van der Waals surface area contributed by atoms with Crippen molar-refractivity contribution in [3.8, 4) is 11.8 Å². The molecule has 2 N–H and O–H groups in total. The van der Waals surface area contributed by atoms with Gasteiger partial charge < -0.3 is 24.4 Å². The van der Waals surface area contributed by atoms with E-state index >= 15 is 0 Å². The van der Waals surface area contributed by atoms with Gasteiger partial charge in [0, 0.05) is 43.0 Å². The number of nitriles is 1. The Morgan fingerprint density at radius 2 is 2.21 bits per heavy atom. The highest BCUT2D eigenvalue weighted by atomic mass is 16.5. The summed E-state index contributed by atoms with van der Waals surface area (Å²) in [5, 5.41) is 17.4. The van der Waals surface area contributed by atoms with Crippen LogP contribution >= 0.6 is 0 Å². The van der Waals surface area contributed by atoms with Crippen molar-refractivity contribution >= 4 is 28.9 Å². The van der Waals surface area contributed by atoms with Crippen molar-refractivity contribution in [1.29, 1.82) is 10.7 Å². The SMILES string of the molecule is Cc1c(C(=O)N2CC(C#N)C2)c[nH]c1/C(=C\C=N)Oc1ccc2c(C)coc2c1. The first-order chi connectivity index (χ1) is 14.0. The number of furan rings is 1. The molecule has 7 heteroatoms. The molecule has 1 amide bonds. The molecule has 3 aromatic rings. The van der Waals surface area contributed by atoms with Crippen LogP contribution < -0.4 is 4.74 Å². The Bertz CT molecular complexity index is 1170. The monoisotopic (exact) mass is 388 g/mol. The zero-order chi connectivity index (χ0) is 20.5. The van der Waals surface area contributed by atoms with Crippen molar-refractivity contribution in [3.05, 3.63) is 59.1 Å². The Morgan fingerprint density at radius 3 is 2.93 bits per heavy atom. The van der Waals surface area contributed by atoms with Crippen molar-refractivity contribution < 1.29 is 13.9 Å². The van der Waals surface area contributed by atoms with Crippen LogP contribution in [-0.2, 0) is 0 Å². The predicted molar refractivity (Wildman–Crippen MR) is 109 cm³/mol. The van der Waals surface area contributed by atoms with Gasteiger partial charge in [-0.15, -0.1) is 0 Å². The average Bonchev–Trinajstić information content (AvgIpc) is 3.23. The number of aryl methyl sites for hydroxylation is 1. The number of aromatic nitrogens is 1. The summed E-state index contributed by atoms with van der Waals surface area (Å²) in [4.78, 5) is 17.4. The van der Waals surface area contributed by atoms with Crippen molar-refractivity contribution in [2.24, 2.45) is 5.92 Å². The number of amides is 1. The maximum Gasteiger partial charge on any atom is 0.255 e. The van der Waals surface area contributed by atoms with Gasteiger partial charge in [0.15, 0.2) is 5.76 Å². The molecule has 0 bridgehead atoms. The molecular weight excluding hydrogens is 368 g/mol. The number of nitrogens with one attached hydrogen (secondary N) is 2. The largest absolute Gasteiger partial charge is 0.464 e. The van der Waals surface area contributed by atoms with E-state index in [0.717, 1.165) is 28.3 Å². The number of ether oxygens (including phenoxy) is 1. The maximum atomic E-state index is 12.7. The quantitative estimate of drug-likeness (QED) is 0.508. The van der Waals surface area contributed by atoms with E-state index in [1.54, 1.807) is 23.4 Å². The van der Waals surface area contributed by atoms with Crippen LogP contribution in [0, 0.1) is 36.5 Å². The lowest BCUT2D eigenvalue weighted by Crippen LogP contribution is -2.49. The van der Waals surface area contributed by atoms with Gasteiger partial charge in [-0.05, 0) is 37.1 Å². The summed E-state index contributed by atoms with van der Waals surface area (Å²) in [7, 11) is 0. The van der Waals surface area contributed by atoms with E-state index in [2.05, 4.69) is 11.1 Å². The van der Waals surface area contributed by atoms with Gasteiger partial charge in [-0.25, -0.2) is 0 Å². The molecule has 0 unspecified atom stereocenters. The maximum absolute atomic E-state index is 12.7. The molecule has 1 aliphatic heterocycles. The molecule has 0 atom stereocenters. The van der Waals surface area contributed by atoms with Crippen LogP contribution in [0.3, 0.4) is 0 Å². The van der Waals surface area contributed by atoms with Crippen LogP contribution in [-0.4, -0.2) is 35.1 Å². The second-order valence-electron chi connectivity index (χ2n) is 7.11. The number of rotatable bonds is 5. The van der Waals surface area contributed by atoms with Crippen LogP contribution in [0.5, 0.6) is 5.75 Å². The van der Waals surface area contributed by atoms with Gasteiger partial charge in [-0.1, -0.05) is 0 Å². The molecule has 4 rings (SSSR count). The lowest BCUT2D eigenvalue weighted by molar-refractivity contribution is 0.0577. The van der Waals surface area contributed by atoms with E-state index in [1.165, 1.54) is 6.08 Å². The van der Waals surface area contributed by atoms with Crippen molar-refractivity contribution in [1.82, 2.24) is 9.88 Å². The van der Waals surface area contributed by atoms with E-state index in [1.807, 2.05) is 26.0 Å². The van der Waals surface area contributed by atoms with Gasteiger partial charge in [0.1, 0.15) is 11.3 Å². The fourth-order valence-electron chi connectivity index (χ4n) is 3.45. The highest BCUT2D eigenvalue weighted by Crippen LogP contribution is 2.30. The number of H-pyrrole nitrogens is 1. The molecule has 29 heavy (non-hydrogen) atoms. The number of aromatic amines is 1. The molecule has 1 aliphatic rings. The number of hydrogen-bond acceptors (Lipinski definition) is 5. The Morgan fingerprint density at radius 1 is 1.41 bits per heavy atom. The first-order valence-electron chi connectivity index (χ1n) is 9.25. The summed E-state index contributed by atoms with van der Waals surface area (Å²) < 4.78 is 11.6. The summed E-state index contributed by atoms with van der Waals surface area (Å²) >= 11 is 0. The zero-order valence-corrected chi connectivity index (χ0v) is 16.2. The fourth-order valence-corrected chi connectivity index (χ4v) is 3.45. The summed E-state index contributed by atoms with van der Waals surface area (Å²) in [5.41, 5.74) is 3.67. The minimum atomic E-state index is -0.113. The van der Waals surface area contributed by atoms with Crippen LogP contribution in [0.25, 0.3) is 16.7 Å². The minimum Gasteiger partial charge on any atom is -0.464 e. The molecule has 146 valence electrons. The number of benzene rings is 1. The smallest absolute Gasteiger partial charge is 0.255 e. The zero-order valence-electron chi connectivity index (χ0n) is 16.2. The Kier molecular flexibility index (Phi) is 4.69. The van der Waals surface area contributed by atoms with Crippen LogP contribution in [0.1, 0.15) is 27.2 Å². The molecule has 0 spiro atoms. The second kappa shape index (κ2) is 7.32. The van der Waals surface area contributed by atoms with Gasteiger partial charge in [0.05, 0.1) is 29.5 Å². The number of fused-ring (bicyclic) bond motifs is 1. The first-order valence-corrected chi connectivity index (χ1v) is 9.25. The normalized spacial score (nSPS) is 14.5. The summed E-state index contributed by atoms with van der Waals surface area (Å²) in [5.74, 6) is 0.798. The number of carbonyl (C=O) groups excluding carboxylic acids is 1. The van der Waals surface area contributed by atoms with Crippen LogP contribution in [0.4, 0.5) is 0 Å². The van der Waals surface area contributed by atoms with Crippen LogP contribution in [0.15, 0.2) is 41.2 Å². The highest BCUT2D eigenvalue weighted by Gasteiger charge is 2.32. The molecule has 2 aromatic heterocycles. The number of likely N-dealkylation sites (tertiary alicyclic amines) is 1. The summed E-state index contributed by atoms with van der Waals surface area (Å²) in [6.07, 6.45) is 6.01. The van der Waals surface area contributed by atoms with Gasteiger partial charge in [0.25, 0.3) is 5.91 Å². The number of nitrogens with zero attached hydrogens (tertiary/aromatic N) is 2. The third-order valence-corrected chi connectivity index (χ3v) is 5.17. The number of carbonyl (C=O) groups is 1. The predicted octanol–water partition coefficient (Wildman–Crippen LogP) is 4.04. The molecule has 0 radical (unpaired) electrons. The number of hydrogen-bond donors (Lipinski definition) is 2. The van der Waals surface area contributed by atoms with E-state index in [-0.39, 0.29) is 11.8 Å². The van der Waals surface area contributed by atoms with E-state index in [9.17, 15) is 4.79 Å². The van der Waals surface area contributed by atoms with Crippen molar-refractivity contribution in [3.63, 3.8) is 0 Å². The molecule has 3 heterocycles. The average molecular weight is 388 g/mol. The Hall–Kier alpha value is -3.79. The minimum absolute atomic E-state index is 0.0884. The first kappa shape index (κ1) is 18.6. The van der Waals surface area contributed by atoms with Gasteiger partial charge in [-0.3, -0.25) is 4.79 Å². The van der Waals surface area contributed by atoms with Gasteiger partial charge in [0.2, 0.25) is 0 Å². The molecule has 7 nitrogen and oxygen atoms in total. The van der Waals surface area contributed by atoms with Crippen molar-refractivity contribution in [2.45, 2.75) is 13.8 Å². The lowest BCUT2D eigenvalue weighted by atomic mass is 10.00. The molecule has 1 saturated heterocycles. The van der Waals surface area contributed by atoms with Crippen LogP contribution in [0.2, 0.25) is 0 Å². The van der Waals surface area contributed by atoms with E-state index < -0.39 is 0 Å². The molecule has 1 aromatic carbocycles. The third kappa shape index (κ3) is 3.29. The van der Waals surface area contributed by atoms with E-state index in [0.29, 0.717) is 35.9 Å². The Balaban J connectivity index is 1.59. The van der Waals surface area contributed by atoms with Gasteiger partial charge in [-0.2, -0.15) is 5.26 Å². The standard InChI is InChI=1S/C22H20N4O3/c1-13-12-28-20-7-16(3-4-17(13)20)29-19(5-6-23)21-14(2)18(9-25-21)22(27)26-10-15(8-24)11-26/h3-7,9,12,15,23,25H,10-11H2,1-2H3/b19-5+,23-6?. The summed E-state index contributed by atoms with van der Waals surface area (Å²) in [6.45, 7) is 4.72. The molecule has 0 saturated carbocycles. The number of allylic oxidation sites excluding steroid dienone is 1. The fraction of sp³-hybridized carbons (Fsp3) is 0.227. The summed E-state index contributed by atoms with van der Waals surface area (Å²) in [6, 6.07) is 7.74. The third-order valence-electron chi connectivity index (χ3n) is 5.17. The molecule has 0 aliphatic carbocycles. The van der Waals surface area contributed by atoms with E-state index in [4.69, 9.17) is 19.8 Å². The Labute approximate surface area is 167 Å². The van der Waals surface area contributed by atoms with Gasteiger partial charge >= 0.3 is 0 Å².